The molecular weight excluding hydrogens is 291 g/mol. The van der Waals surface area contributed by atoms with E-state index < -0.39 is 4.92 Å². The van der Waals surface area contributed by atoms with Crippen LogP contribution in [0, 0.1) is 17.0 Å². The molecule has 0 fully saturated rings. The van der Waals surface area contributed by atoms with Crippen LogP contribution in [0.4, 0.5) is 17.2 Å². The molecule has 0 aliphatic rings. The number of nitrogens with zero attached hydrogens (tertiary/aromatic N) is 3. The Bertz CT molecular complexity index is 649. The number of rotatable bonds is 3. The monoisotopic (exact) mass is 298 g/mol. The van der Waals surface area contributed by atoms with E-state index in [1.165, 1.54) is 12.1 Å². The Morgan fingerprint density at radius 3 is 2.79 bits per heavy atom. The minimum atomic E-state index is -0.548. The number of anilines is 2. The summed E-state index contributed by atoms with van der Waals surface area (Å²) in [7, 11) is 0. The van der Waals surface area contributed by atoms with Crippen LogP contribution in [0.3, 0.4) is 0 Å². The van der Waals surface area contributed by atoms with Gasteiger partial charge in [0.25, 0.3) is 5.69 Å². The minimum Gasteiger partial charge on any atom is -0.340 e. The Morgan fingerprint density at radius 1 is 1.37 bits per heavy atom. The van der Waals surface area contributed by atoms with Gasteiger partial charge in [0, 0.05) is 23.5 Å². The number of nitro groups is 1. The summed E-state index contributed by atoms with van der Waals surface area (Å²) in [5.74, 6) is 0.483. The highest BCUT2D eigenvalue weighted by Crippen LogP contribution is 2.29. The van der Waals surface area contributed by atoms with E-state index in [0.29, 0.717) is 11.5 Å². The first-order valence-corrected chi connectivity index (χ1v) is 5.93. The zero-order valence-corrected chi connectivity index (χ0v) is 11.2. The number of hydrogen-bond donors (Lipinski definition) is 1. The summed E-state index contributed by atoms with van der Waals surface area (Å²) in [4.78, 5) is 18.1. The van der Waals surface area contributed by atoms with Gasteiger partial charge in [-0.2, -0.15) is 0 Å². The Balaban J connectivity index is 2.36. The van der Waals surface area contributed by atoms with E-state index in [0.717, 1.165) is 5.56 Å². The molecule has 98 valence electrons. The molecule has 2 aromatic rings. The molecule has 0 saturated heterocycles. The van der Waals surface area contributed by atoms with Crippen molar-refractivity contribution in [3.8, 4) is 0 Å². The van der Waals surface area contributed by atoms with Crippen molar-refractivity contribution in [2.24, 2.45) is 0 Å². The first kappa shape index (κ1) is 13.5. The maximum Gasteiger partial charge on any atom is 0.289 e. The van der Waals surface area contributed by atoms with E-state index in [-0.39, 0.29) is 16.0 Å². The fourth-order valence-corrected chi connectivity index (χ4v) is 1.73. The molecule has 1 aromatic carbocycles. The highest BCUT2D eigenvalue weighted by atomic mass is 35.5. The standard InChI is InChI=1S/C11H8Cl2N4O2/c1-6-5-14-11(13)16-10(6)15-7-2-3-8(12)9(4-7)17(18)19/h2-5H,1H3,(H,14,15,16). The van der Waals surface area contributed by atoms with Gasteiger partial charge in [0.15, 0.2) is 0 Å². The van der Waals surface area contributed by atoms with Crippen LogP contribution < -0.4 is 5.32 Å². The predicted octanol–water partition coefficient (Wildman–Crippen LogP) is 3.74. The van der Waals surface area contributed by atoms with Gasteiger partial charge in [-0.1, -0.05) is 11.6 Å². The van der Waals surface area contributed by atoms with Gasteiger partial charge >= 0.3 is 0 Å². The number of nitro benzene ring substituents is 1. The highest BCUT2D eigenvalue weighted by Gasteiger charge is 2.13. The summed E-state index contributed by atoms with van der Waals surface area (Å²) in [6.45, 7) is 1.79. The second-order valence-electron chi connectivity index (χ2n) is 3.72. The zero-order valence-electron chi connectivity index (χ0n) is 9.72. The van der Waals surface area contributed by atoms with E-state index >= 15 is 0 Å². The molecule has 2 rings (SSSR count). The number of aromatic nitrogens is 2. The smallest absolute Gasteiger partial charge is 0.289 e. The topological polar surface area (TPSA) is 81.0 Å². The molecule has 0 bridgehead atoms. The van der Waals surface area contributed by atoms with E-state index in [4.69, 9.17) is 23.2 Å². The Kier molecular flexibility index (Phi) is 3.82. The number of halogens is 2. The summed E-state index contributed by atoms with van der Waals surface area (Å²) in [6, 6.07) is 4.39. The van der Waals surface area contributed by atoms with Crippen LogP contribution in [0.2, 0.25) is 10.3 Å². The average molecular weight is 299 g/mol. The summed E-state index contributed by atoms with van der Waals surface area (Å²) >= 11 is 11.4. The SMILES string of the molecule is Cc1cnc(Cl)nc1Nc1ccc(Cl)c([N+](=O)[O-])c1. The molecule has 0 spiro atoms. The third-order valence-corrected chi connectivity index (χ3v) is 2.85. The summed E-state index contributed by atoms with van der Waals surface area (Å²) < 4.78 is 0. The third kappa shape index (κ3) is 3.10. The summed E-state index contributed by atoms with van der Waals surface area (Å²) in [5, 5.41) is 13.9. The largest absolute Gasteiger partial charge is 0.340 e. The molecule has 19 heavy (non-hydrogen) atoms. The second kappa shape index (κ2) is 5.38. The van der Waals surface area contributed by atoms with Crippen molar-refractivity contribution in [2.45, 2.75) is 6.92 Å². The third-order valence-electron chi connectivity index (χ3n) is 2.35. The lowest BCUT2D eigenvalue weighted by atomic mass is 10.2. The van der Waals surface area contributed by atoms with Crippen LogP contribution in [-0.4, -0.2) is 14.9 Å². The van der Waals surface area contributed by atoms with Crippen LogP contribution in [0.5, 0.6) is 0 Å². The van der Waals surface area contributed by atoms with Crippen LogP contribution >= 0.6 is 23.2 Å². The molecule has 0 atom stereocenters. The minimum absolute atomic E-state index is 0.0768. The highest BCUT2D eigenvalue weighted by molar-refractivity contribution is 6.32. The van der Waals surface area contributed by atoms with E-state index in [2.05, 4.69) is 15.3 Å². The maximum absolute atomic E-state index is 10.8. The molecule has 1 N–H and O–H groups in total. The number of nitrogens with one attached hydrogen (secondary N) is 1. The molecule has 0 radical (unpaired) electrons. The van der Waals surface area contributed by atoms with Crippen LogP contribution in [-0.2, 0) is 0 Å². The van der Waals surface area contributed by atoms with E-state index in [1.54, 1.807) is 19.2 Å². The van der Waals surface area contributed by atoms with Crippen molar-refractivity contribution in [1.29, 1.82) is 0 Å². The van der Waals surface area contributed by atoms with Crippen molar-refractivity contribution >= 4 is 40.4 Å². The molecule has 1 aromatic heterocycles. The molecule has 0 unspecified atom stereocenters. The molecule has 8 heteroatoms. The first-order chi connectivity index (χ1) is 8.97. The molecule has 0 aliphatic heterocycles. The average Bonchev–Trinajstić information content (AvgIpc) is 2.36. The fourth-order valence-electron chi connectivity index (χ4n) is 1.41. The molecule has 1 heterocycles. The maximum atomic E-state index is 10.8. The lowest BCUT2D eigenvalue weighted by Gasteiger charge is -2.08. The normalized spacial score (nSPS) is 10.3. The lowest BCUT2D eigenvalue weighted by molar-refractivity contribution is -0.384. The zero-order chi connectivity index (χ0) is 14.0. The predicted molar refractivity (Wildman–Crippen MR) is 73.2 cm³/mol. The lowest BCUT2D eigenvalue weighted by Crippen LogP contribution is -1.99. The number of hydrogen-bond acceptors (Lipinski definition) is 5. The van der Waals surface area contributed by atoms with Gasteiger partial charge in [0.05, 0.1) is 4.92 Å². The van der Waals surface area contributed by atoms with Gasteiger partial charge in [-0.25, -0.2) is 9.97 Å². The summed E-state index contributed by atoms with van der Waals surface area (Å²) in [5.41, 5.74) is 1.08. The molecule has 0 amide bonds. The van der Waals surface area contributed by atoms with Gasteiger partial charge < -0.3 is 5.32 Å². The van der Waals surface area contributed by atoms with Gasteiger partial charge in [-0.05, 0) is 30.7 Å². The molecular formula is C11H8Cl2N4O2. The van der Waals surface area contributed by atoms with Crippen molar-refractivity contribution in [3.05, 3.63) is 50.4 Å². The van der Waals surface area contributed by atoms with Crippen LogP contribution in [0.25, 0.3) is 0 Å². The number of aryl methyl sites for hydroxylation is 1. The Labute approximate surface area is 118 Å². The van der Waals surface area contributed by atoms with Gasteiger partial charge in [-0.3, -0.25) is 10.1 Å². The van der Waals surface area contributed by atoms with Gasteiger partial charge in [-0.15, -0.1) is 0 Å². The van der Waals surface area contributed by atoms with Gasteiger partial charge in [0.1, 0.15) is 10.8 Å². The Morgan fingerprint density at radius 2 is 2.11 bits per heavy atom. The first-order valence-electron chi connectivity index (χ1n) is 5.17. The number of benzene rings is 1. The molecule has 0 aliphatic carbocycles. The molecule has 0 saturated carbocycles. The van der Waals surface area contributed by atoms with Crippen molar-refractivity contribution in [3.63, 3.8) is 0 Å². The quantitative estimate of drug-likeness (QED) is 0.530. The van der Waals surface area contributed by atoms with Crippen LogP contribution in [0.15, 0.2) is 24.4 Å². The molecule has 6 nitrogen and oxygen atoms in total. The van der Waals surface area contributed by atoms with Crippen molar-refractivity contribution in [2.75, 3.05) is 5.32 Å². The van der Waals surface area contributed by atoms with Gasteiger partial charge in [0.2, 0.25) is 5.28 Å². The van der Waals surface area contributed by atoms with Crippen molar-refractivity contribution in [1.82, 2.24) is 9.97 Å². The van der Waals surface area contributed by atoms with Crippen LogP contribution in [0.1, 0.15) is 5.56 Å². The van der Waals surface area contributed by atoms with E-state index in [9.17, 15) is 10.1 Å². The second-order valence-corrected chi connectivity index (χ2v) is 4.46. The van der Waals surface area contributed by atoms with Crippen molar-refractivity contribution < 1.29 is 4.92 Å². The fraction of sp³-hybridized carbons (Fsp3) is 0.0909. The van der Waals surface area contributed by atoms with E-state index in [1.807, 2.05) is 0 Å². The Hall–Kier alpha value is -1.92. The summed E-state index contributed by atoms with van der Waals surface area (Å²) in [6.07, 6.45) is 1.56.